The Bertz CT molecular complexity index is 1650. The van der Waals surface area contributed by atoms with Crippen molar-refractivity contribution < 1.29 is 80.2 Å². The van der Waals surface area contributed by atoms with Gasteiger partial charge in [-0.2, -0.15) is 0 Å². The summed E-state index contributed by atoms with van der Waals surface area (Å²) in [4.78, 5) is 72.1. The van der Waals surface area contributed by atoms with Gasteiger partial charge in [-0.05, 0) is 31.6 Å². The lowest BCUT2D eigenvalue weighted by Crippen LogP contribution is -2.30. The van der Waals surface area contributed by atoms with E-state index in [4.69, 9.17) is 37.0 Å². The lowest BCUT2D eigenvalue weighted by molar-refractivity contribution is -0.161. The summed E-state index contributed by atoms with van der Waals surface area (Å²) in [5.41, 5.74) is 0. The van der Waals surface area contributed by atoms with Crippen LogP contribution in [0.3, 0.4) is 0 Å². The Morgan fingerprint density at radius 2 is 0.565 bits per heavy atom. The predicted molar refractivity (Wildman–Crippen MR) is 340 cm³/mol. The monoisotopic (exact) mass is 1250 g/mol. The van der Waals surface area contributed by atoms with Crippen LogP contribution in [0.15, 0.2) is 0 Å². The van der Waals surface area contributed by atoms with Crippen molar-refractivity contribution in [3.05, 3.63) is 0 Å². The highest BCUT2D eigenvalue weighted by Crippen LogP contribution is 2.45. The molecular weight excluding hydrogens is 1130 g/mol. The van der Waals surface area contributed by atoms with Gasteiger partial charge in [-0.25, -0.2) is 9.13 Å². The molecule has 0 saturated carbocycles. The van der Waals surface area contributed by atoms with Crippen molar-refractivity contribution in [2.75, 3.05) is 39.6 Å². The highest BCUT2D eigenvalue weighted by atomic mass is 31.2. The van der Waals surface area contributed by atoms with Crippen LogP contribution in [0, 0.1) is 5.92 Å². The Labute approximate surface area is 517 Å². The average Bonchev–Trinajstić information content (AvgIpc) is 3.51. The maximum atomic E-state index is 13.0. The molecule has 19 heteroatoms. The molecule has 3 N–H and O–H groups in total. The van der Waals surface area contributed by atoms with E-state index in [0.29, 0.717) is 25.7 Å². The van der Waals surface area contributed by atoms with Gasteiger partial charge in [0.25, 0.3) is 0 Å². The third-order valence-corrected chi connectivity index (χ3v) is 17.5. The van der Waals surface area contributed by atoms with Crippen LogP contribution in [0.1, 0.15) is 336 Å². The summed E-state index contributed by atoms with van der Waals surface area (Å²) in [5, 5.41) is 10.5. The van der Waals surface area contributed by atoms with E-state index >= 15 is 0 Å². The largest absolute Gasteiger partial charge is 0.472 e. The second-order valence-electron chi connectivity index (χ2n) is 24.1. The minimum atomic E-state index is -4.94. The zero-order chi connectivity index (χ0) is 62.8. The number of aliphatic hydroxyl groups excluding tert-OH is 1. The summed E-state index contributed by atoms with van der Waals surface area (Å²) < 4.78 is 67.9. The molecule has 0 fully saturated rings. The van der Waals surface area contributed by atoms with E-state index in [1.165, 1.54) is 148 Å². The number of aliphatic hydroxyl groups is 1. The summed E-state index contributed by atoms with van der Waals surface area (Å²) in [6, 6.07) is 0. The minimum Gasteiger partial charge on any atom is -0.462 e. The summed E-state index contributed by atoms with van der Waals surface area (Å²) >= 11 is 0. The third kappa shape index (κ3) is 59.5. The molecular formula is C66H128O17P2. The Balaban J connectivity index is 5.17. The Morgan fingerprint density at radius 1 is 0.329 bits per heavy atom. The van der Waals surface area contributed by atoms with Crippen LogP contribution in [-0.2, 0) is 65.4 Å². The van der Waals surface area contributed by atoms with Gasteiger partial charge >= 0.3 is 39.5 Å². The fourth-order valence-corrected chi connectivity index (χ4v) is 11.5. The first-order valence-electron chi connectivity index (χ1n) is 34.7. The van der Waals surface area contributed by atoms with Gasteiger partial charge in [-0.15, -0.1) is 0 Å². The zero-order valence-electron chi connectivity index (χ0n) is 54.7. The molecule has 0 spiro atoms. The molecule has 0 aliphatic rings. The number of phosphoric acid groups is 2. The highest BCUT2D eigenvalue weighted by Gasteiger charge is 2.30. The van der Waals surface area contributed by atoms with Gasteiger partial charge < -0.3 is 33.8 Å². The molecule has 0 aliphatic heterocycles. The summed E-state index contributed by atoms with van der Waals surface area (Å²) in [5.74, 6) is -1.29. The minimum absolute atomic E-state index is 0.106. The lowest BCUT2D eigenvalue weighted by Gasteiger charge is -2.21. The second-order valence-corrected chi connectivity index (χ2v) is 27.0. The maximum absolute atomic E-state index is 13.0. The van der Waals surface area contributed by atoms with Gasteiger partial charge in [-0.3, -0.25) is 37.3 Å². The van der Waals surface area contributed by atoms with Crippen molar-refractivity contribution >= 4 is 39.5 Å². The van der Waals surface area contributed by atoms with Crippen LogP contribution >= 0.6 is 15.6 Å². The SMILES string of the molecule is CCCCCCCCCCCCCC(=O)OC[C@H](COP(=O)(O)OC[C@@H](O)COP(=O)(O)OC[C@@H](COC(=O)CCCCCCCCC)OC(=O)CCCCCCCCCCC)OC(=O)CCCCCCCCCCCCCCCCC(C)CC. The standard InChI is InChI=1S/C66H128O17P2/c1-6-10-13-16-19-21-26-31-35-40-45-50-64(69)77-56-62(83-66(71)52-47-42-37-32-28-25-23-22-24-27-30-34-38-43-48-59(5)9-4)58-81-85(74,75)79-54-60(67)53-78-84(72,73)80-57-61(55-76-63(68)49-44-39-33-18-15-12-8-3)82-65(70)51-46-41-36-29-20-17-14-11-7-2/h59-62,67H,6-58H2,1-5H3,(H,72,73)(H,74,75)/t59?,60-,61+,62+/m0/s1. The van der Waals surface area contributed by atoms with E-state index in [1.54, 1.807) is 0 Å². The summed E-state index contributed by atoms with van der Waals surface area (Å²) in [7, 11) is -9.88. The van der Waals surface area contributed by atoms with Gasteiger partial charge in [0.2, 0.25) is 0 Å². The molecule has 0 aromatic heterocycles. The van der Waals surface area contributed by atoms with Gasteiger partial charge in [0, 0.05) is 25.7 Å². The first kappa shape index (κ1) is 83.1. The van der Waals surface area contributed by atoms with Crippen LogP contribution in [-0.4, -0.2) is 96.7 Å². The average molecular weight is 1260 g/mol. The fourth-order valence-electron chi connectivity index (χ4n) is 9.90. The van der Waals surface area contributed by atoms with Crippen LogP contribution in [0.2, 0.25) is 0 Å². The van der Waals surface area contributed by atoms with Crippen molar-refractivity contribution in [1.29, 1.82) is 0 Å². The van der Waals surface area contributed by atoms with Crippen LogP contribution < -0.4 is 0 Å². The number of hydrogen-bond donors (Lipinski definition) is 3. The topological polar surface area (TPSA) is 237 Å². The maximum Gasteiger partial charge on any atom is 0.472 e. The third-order valence-electron chi connectivity index (χ3n) is 15.6. The molecule has 0 rings (SSSR count). The number of phosphoric ester groups is 2. The summed E-state index contributed by atoms with van der Waals surface area (Å²) in [6.45, 7) is 7.21. The molecule has 0 aromatic rings. The molecule has 6 atom stereocenters. The number of esters is 4. The Hall–Kier alpha value is -1.94. The van der Waals surface area contributed by atoms with Crippen LogP contribution in [0.25, 0.3) is 0 Å². The Morgan fingerprint density at radius 3 is 0.835 bits per heavy atom. The number of hydrogen-bond acceptors (Lipinski definition) is 15. The van der Waals surface area contributed by atoms with Gasteiger partial charge in [-0.1, -0.05) is 285 Å². The van der Waals surface area contributed by atoms with Gasteiger partial charge in [0.1, 0.15) is 19.3 Å². The van der Waals surface area contributed by atoms with Crippen molar-refractivity contribution in [1.82, 2.24) is 0 Å². The number of rotatable bonds is 66. The number of unbranched alkanes of at least 4 members (excludes halogenated alkanes) is 37. The molecule has 85 heavy (non-hydrogen) atoms. The fraction of sp³-hybridized carbons (Fsp3) is 0.939. The summed E-state index contributed by atoms with van der Waals surface area (Å²) in [6.07, 6.45) is 44.5. The van der Waals surface area contributed by atoms with Crippen molar-refractivity contribution in [3.63, 3.8) is 0 Å². The first-order chi connectivity index (χ1) is 41.1. The molecule has 3 unspecified atom stereocenters. The van der Waals surface area contributed by atoms with Crippen molar-refractivity contribution in [3.8, 4) is 0 Å². The molecule has 0 heterocycles. The highest BCUT2D eigenvalue weighted by molar-refractivity contribution is 7.47. The van der Waals surface area contributed by atoms with E-state index < -0.39 is 97.5 Å². The molecule has 0 bridgehead atoms. The van der Waals surface area contributed by atoms with Crippen LogP contribution in [0.5, 0.6) is 0 Å². The van der Waals surface area contributed by atoms with E-state index in [2.05, 4.69) is 34.6 Å². The molecule has 0 aliphatic carbocycles. The van der Waals surface area contributed by atoms with Gasteiger partial charge in [0.15, 0.2) is 12.2 Å². The Kier molecular flexibility index (Phi) is 58.3. The van der Waals surface area contributed by atoms with E-state index in [9.17, 15) is 43.2 Å². The quantitative estimate of drug-likeness (QED) is 0.0222. The molecule has 17 nitrogen and oxygen atoms in total. The normalized spacial score (nSPS) is 14.5. The van der Waals surface area contributed by atoms with E-state index in [1.807, 2.05) is 0 Å². The molecule has 0 amide bonds. The molecule has 0 radical (unpaired) electrons. The van der Waals surface area contributed by atoms with Crippen molar-refractivity contribution in [2.45, 2.75) is 355 Å². The number of carbonyl (C=O) groups excluding carboxylic acids is 4. The van der Waals surface area contributed by atoms with E-state index in [-0.39, 0.29) is 25.7 Å². The van der Waals surface area contributed by atoms with E-state index in [0.717, 1.165) is 109 Å². The van der Waals surface area contributed by atoms with Gasteiger partial charge in [0.05, 0.1) is 26.4 Å². The first-order valence-corrected chi connectivity index (χ1v) is 37.7. The number of carbonyl (C=O) groups is 4. The molecule has 0 aromatic carbocycles. The predicted octanol–water partition coefficient (Wildman–Crippen LogP) is 18.6. The number of ether oxygens (including phenoxy) is 4. The van der Waals surface area contributed by atoms with Crippen molar-refractivity contribution in [2.24, 2.45) is 5.92 Å². The smallest absolute Gasteiger partial charge is 0.462 e. The second kappa shape index (κ2) is 59.7. The zero-order valence-corrected chi connectivity index (χ0v) is 56.5. The van der Waals surface area contributed by atoms with Crippen LogP contribution in [0.4, 0.5) is 0 Å². The molecule has 0 saturated heterocycles. The molecule has 504 valence electrons. The lowest BCUT2D eigenvalue weighted by atomic mass is 9.99.